The lowest BCUT2D eigenvalue weighted by Crippen LogP contribution is -2.39. The molecule has 0 N–H and O–H groups in total. The molecule has 1 fully saturated rings. The van der Waals surface area contributed by atoms with Crippen LogP contribution in [0.2, 0.25) is 0 Å². The van der Waals surface area contributed by atoms with Crippen LogP contribution in [0.4, 0.5) is 0 Å². The summed E-state index contributed by atoms with van der Waals surface area (Å²) in [5.74, 6) is 0.778. The lowest BCUT2D eigenvalue weighted by Gasteiger charge is -2.30. The maximum Gasteiger partial charge on any atom is 0.244 e. The number of ether oxygens (including phenoxy) is 1. The molecular formula is C18H19NO3S. The predicted molar refractivity (Wildman–Crippen MR) is 87.9 cm³/mol. The minimum Gasteiger partial charge on any atom is -0.486 e. The maximum atomic E-state index is 13.0. The highest BCUT2D eigenvalue weighted by molar-refractivity contribution is 7.89. The third kappa shape index (κ3) is 2.11. The fourth-order valence-corrected chi connectivity index (χ4v) is 5.36. The van der Waals surface area contributed by atoms with Crippen molar-refractivity contribution in [2.45, 2.75) is 43.4 Å². The van der Waals surface area contributed by atoms with E-state index in [9.17, 15) is 8.42 Å². The molecule has 3 unspecified atom stereocenters. The first-order chi connectivity index (χ1) is 10.8. The van der Waals surface area contributed by atoms with Gasteiger partial charge >= 0.3 is 0 Å². The van der Waals surface area contributed by atoms with Crippen LogP contribution in [-0.4, -0.2) is 24.4 Å². The summed E-state index contributed by atoms with van der Waals surface area (Å²) >= 11 is 0. The molecule has 0 saturated carbocycles. The van der Waals surface area contributed by atoms with Gasteiger partial charge in [-0.25, -0.2) is 8.42 Å². The van der Waals surface area contributed by atoms with Crippen LogP contribution >= 0.6 is 0 Å². The number of para-hydroxylation sites is 1. The Kier molecular flexibility index (Phi) is 2.93. The van der Waals surface area contributed by atoms with E-state index in [0.29, 0.717) is 4.90 Å². The Morgan fingerprint density at radius 3 is 2.39 bits per heavy atom. The molecule has 0 spiro atoms. The average Bonchev–Trinajstić information content (AvgIpc) is 3.25. The van der Waals surface area contributed by atoms with E-state index in [1.165, 1.54) is 0 Å². The van der Waals surface area contributed by atoms with Gasteiger partial charge < -0.3 is 4.74 Å². The zero-order valence-corrected chi connectivity index (χ0v) is 14.2. The summed E-state index contributed by atoms with van der Waals surface area (Å²) in [4.78, 5) is 0.339. The lowest BCUT2D eigenvalue weighted by molar-refractivity contribution is 0.0903. The Bertz CT molecular complexity index is 871. The van der Waals surface area contributed by atoms with Crippen LogP contribution < -0.4 is 4.74 Å². The Morgan fingerprint density at radius 2 is 1.70 bits per heavy atom. The molecule has 2 aliphatic rings. The van der Waals surface area contributed by atoms with Crippen molar-refractivity contribution in [3.05, 3.63) is 59.7 Å². The van der Waals surface area contributed by atoms with E-state index < -0.39 is 15.6 Å². The number of nitrogens with zero attached hydrogens (tertiary/aromatic N) is 1. The van der Waals surface area contributed by atoms with E-state index >= 15 is 0 Å². The molecule has 1 saturated heterocycles. The van der Waals surface area contributed by atoms with Crippen LogP contribution in [0.15, 0.2) is 53.4 Å². The van der Waals surface area contributed by atoms with Gasteiger partial charge in [-0.2, -0.15) is 4.31 Å². The van der Waals surface area contributed by atoms with Gasteiger partial charge in [-0.05, 0) is 39.0 Å². The van der Waals surface area contributed by atoms with Crippen LogP contribution in [0.3, 0.4) is 0 Å². The average molecular weight is 329 g/mol. The molecule has 0 amide bonds. The van der Waals surface area contributed by atoms with Crippen molar-refractivity contribution in [1.82, 2.24) is 4.31 Å². The largest absolute Gasteiger partial charge is 0.486 e. The first-order valence-corrected chi connectivity index (χ1v) is 9.14. The highest BCUT2D eigenvalue weighted by atomic mass is 32.2. The number of aryl methyl sites for hydroxylation is 1. The van der Waals surface area contributed by atoms with E-state index in [-0.39, 0.29) is 12.1 Å². The molecular weight excluding hydrogens is 310 g/mol. The first kappa shape index (κ1) is 14.7. The molecule has 2 aromatic carbocycles. The standard InChI is InChI=1S/C18H19NO3S/c1-12-8-10-13(11-9-12)23(20,21)19-16-14-6-4-5-7-15(14)22-18(2,3)17(16)19/h4-11,16-17H,1-3H3. The van der Waals surface area contributed by atoms with Crippen molar-refractivity contribution < 1.29 is 13.2 Å². The van der Waals surface area contributed by atoms with Crippen molar-refractivity contribution in [2.75, 3.05) is 0 Å². The molecule has 4 rings (SSSR count). The van der Waals surface area contributed by atoms with Gasteiger partial charge in [-0.15, -0.1) is 0 Å². The van der Waals surface area contributed by atoms with Crippen molar-refractivity contribution in [1.29, 1.82) is 0 Å². The molecule has 4 nitrogen and oxygen atoms in total. The van der Waals surface area contributed by atoms with Crippen molar-refractivity contribution >= 4 is 10.0 Å². The Hall–Kier alpha value is -1.85. The number of sulfonamides is 1. The number of rotatable bonds is 2. The second kappa shape index (κ2) is 4.58. The highest BCUT2D eigenvalue weighted by Crippen LogP contribution is 2.58. The zero-order valence-electron chi connectivity index (χ0n) is 13.4. The predicted octanol–water partition coefficient (Wildman–Crippen LogP) is 3.28. The first-order valence-electron chi connectivity index (χ1n) is 7.70. The highest BCUT2D eigenvalue weighted by Gasteiger charge is 2.66. The SMILES string of the molecule is Cc1ccc(S(=O)(=O)N2C3c4ccccc4OC(C)(C)C32)cc1. The van der Waals surface area contributed by atoms with E-state index in [0.717, 1.165) is 16.9 Å². The Balaban J connectivity index is 1.79. The monoisotopic (exact) mass is 329 g/mol. The van der Waals surface area contributed by atoms with Crippen molar-refractivity contribution in [2.24, 2.45) is 0 Å². The summed E-state index contributed by atoms with van der Waals surface area (Å²) in [7, 11) is -3.53. The van der Waals surface area contributed by atoms with Gasteiger partial charge in [0.05, 0.1) is 17.0 Å². The van der Waals surface area contributed by atoms with Gasteiger partial charge in [0, 0.05) is 5.56 Å². The smallest absolute Gasteiger partial charge is 0.244 e. The molecule has 3 atom stereocenters. The fraction of sp³-hybridized carbons (Fsp3) is 0.333. The Morgan fingerprint density at radius 1 is 1.04 bits per heavy atom. The van der Waals surface area contributed by atoms with E-state index in [1.54, 1.807) is 16.4 Å². The van der Waals surface area contributed by atoms with Gasteiger partial charge in [0.2, 0.25) is 10.0 Å². The number of hydrogen-bond acceptors (Lipinski definition) is 3. The molecule has 0 aliphatic carbocycles. The van der Waals surface area contributed by atoms with Crippen LogP contribution in [0, 0.1) is 6.92 Å². The van der Waals surface area contributed by atoms with Gasteiger partial charge in [0.15, 0.2) is 0 Å². The number of benzene rings is 2. The van der Waals surface area contributed by atoms with E-state index in [2.05, 4.69) is 0 Å². The third-order valence-electron chi connectivity index (χ3n) is 4.68. The van der Waals surface area contributed by atoms with Gasteiger partial charge in [0.1, 0.15) is 11.4 Å². The fourth-order valence-electron chi connectivity index (χ4n) is 3.50. The van der Waals surface area contributed by atoms with E-state index in [1.807, 2.05) is 57.2 Å². The molecule has 0 bridgehead atoms. The summed E-state index contributed by atoms with van der Waals surface area (Å²) in [5.41, 5.74) is 1.45. The van der Waals surface area contributed by atoms with Crippen molar-refractivity contribution in [3.8, 4) is 5.75 Å². The second-order valence-electron chi connectivity index (χ2n) is 6.78. The molecule has 0 aromatic heterocycles. The molecule has 23 heavy (non-hydrogen) atoms. The van der Waals surface area contributed by atoms with Gasteiger partial charge in [-0.3, -0.25) is 0 Å². The number of fused-ring (bicyclic) bond motifs is 3. The van der Waals surface area contributed by atoms with E-state index in [4.69, 9.17) is 4.74 Å². The van der Waals surface area contributed by atoms with Crippen LogP contribution in [0.1, 0.15) is 31.0 Å². The zero-order chi connectivity index (χ0) is 16.4. The third-order valence-corrected chi connectivity index (χ3v) is 6.55. The minimum atomic E-state index is -3.53. The maximum absolute atomic E-state index is 13.0. The molecule has 2 aliphatic heterocycles. The molecule has 0 radical (unpaired) electrons. The normalized spacial score (nSPS) is 27.5. The quantitative estimate of drug-likeness (QED) is 0.794. The summed E-state index contributed by atoms with van der Waals surface area (Å²) in [6.45, 7) is 5.84. The molecule has 2 aromatic rings. The molecule has 120 valence electrons. The lowest BCUT2D eigenvalue weighted by atomic mass is 9.94. The number of hydrogen-bond donors (Lipinski definition) is 0. The molecule has 5 heteroatoms. The van der Waals surface area contributed by atoms with Gasteiger partial charge in [0.25, 0.3) is 0 Å². The van der Waals surface area contributed by atoms with Crippen LogP contribution in [0.5, 0.6) is 5.75 Å². The summed E-state index contributed by atoms with van der Waals surface area (Å²) in [5, 5.41) is 0. The van der Waals surface area contributed by atoms with Crippen LogP contribution in [-0.2, 0) is 10.0 Å². The topological polar surface area (TPSA) is 46.4 Å². The van der Waals surface area contributed by atoms with Gasteiger partial charge in [-0.1, -0.05) is 35.9 Å². The van der Waals surface area contributed by atoms with Crippen molar-refractivity contribution in [3.63, 3.8) is 0 Å². The Labute approximate surface area is 136 Å². The summed E-state index contributed by atoms with van der Waals surface area (Å²) in [6.07, 6.45) is 0. The summed E-state index contributed by atoms with van der Waals surface area (Å²) in [6, 6.07) is 14.4. The van der Waals surface area contributed by atoms with Crippen LogP contribution in [0.25, 0.3) is 0 Å². The minimum absolute atomic E-state index is 0.138. The summed E-state index contributed by atoms with van der Waals surface area (Å²) < 4.78 is 33.7. The molecule has 2 heterocycles. The second-order valence-corrected chi connectivity index (χ2v) is 8.62.